The minimum absolute atomic E-state index is 0.0307. The molecule has 6 heteroatoms. The van der Waals surface area contributed by atoms with Gasteiger partial charge in [0.1, 0.15) is 0 Å². The second-order valence-electron chi connectivity index (χ2n) is 7.61. The number of likely N-dealkylation sites (N-methyl/N-ethyl adjacent to an activating group) is 1. The smallest absolute Gasteiger partial charge is 0.246 e. The van der Waals surface area contributed by atoms with E-state index in [2.05, 4.69) is 5.32 Å². The summed E-state index contributed by atoms with van der Waals surface area (Å²) in [6, 6.07) is 9.60. The van der Waals surface area contributed by atoms with E-state index in [9.17, 15) is 9.59 Å². The van der Waals surface area contributed by atoms with Crippen molar-refractivity contribution in [3.8, 4) is 11.5 Å². The third-order valence-corrected chi connectivity index (χ3v) is 4.89. The van der Waals surface area contributed by atoms with Crippen LogP contribution in [0, 0.1) is 20.8 Å². The molecule has 0 saturated carbocycles. The van der Waals surface area contributed by atoms with Crippen molar-refractivity contribution in [1.82, 2.24) is 4.90 Å². The summed E-state index contributed by atoms with van der Waals surface area (Å²) in [7, 11) is 1.61. The van der Waals surface area contributed by atoms with Crippen LogP contribution in [0.25, 0.3) is 6.08 Å². The lowest BCUT2D eigenvalue weighted by Crippen LogP contribution is -2.34. The molecule has 6 nitrogen and oxygen atoms in total. The molecule has 0 bridgehead atoms. The summed E-state index contributed by atoms with van der Waals surface area (Å²) in [4.78, 5) is 26.2. The minimum atomic E-state index is -0.255. The van der Waals surface area contributed by atoms with Crippen LogP contribution in [-0.4, -0.2) is 43.5 Å². The molecule has 0 aliphatic carbocycles. The average Bonchev–Trinajstić information content (AvgIpc) is 2.93. The van der Waals surface area contributed by atoms with Gasteiger partial charge in [0, 0.05) is 25.2 Å². The Balaban J connectivity index is 1.59. The van der Waals surface area contributed by atoms with Crippen LogP contribution < -0.4 is 14.8 Å². The van der Waals surface area contributed by atoms with Gasteiger partial charge < -0.3 is 19.7 Å². The van der Waals surface area contributed by atoms with Crippen molar-refractivity contribution < 1.29 is 19.1 Å². The van der Waals surface area contributed by atoms with Crippen molar-refractivity contribution in [1.29, 1.82) is 0 Å². The number of carbonyl (C=O) groups is 2. The molecule has 0 aromatic heterocycles. The molecule has 0 saturated heterocycles. The van der Waals surface area contributed by atoms with E-state index in [0.717, 1.165) is 34.4 Å². The number of carbonyl (C=O) groups excluding carboxylic acids is 2. The van der Waals surface area contributed by atoms with Crippen molar-refractivity contribution in [2.75, 3.05) is 32.1 Å². The van der Waals surface area contributed by atoms with Gasteiger partial charge in [-0.25, -0.2) is 0 Å². The van der Waals surface area contributed by atoms with Gasteiger partial charge in [-0.15, -0.1) is 0 Å². The molecule has 3 rings (SSSR count). The second-order valence-corrected chi connectivity index (χ2v) is 7.61. The maximum Gasteiger partial charge on any atom is 0.246 e. The molecule has 0 radical (unpaired) electrons. The quantitative estimate of drug-likeness (QED) is 0.763. The number of hydrogen-bond acceptors (Lipinski definition) is 4. The number of benzene rings is 2. The first-order chi connectivity index (χ1) is 14.3. The predicted octanol–water partition coefficient (Wildman–Crippen LogP) is 3.88. The van der Waals surface area contributed by atoms with Crippen LogP contribution in [0.3, 0.4) is 0 Å². The molecule has 1 N–H and O–H groups in total. The molecule has 1 aliphatic heterocycles. The van der Waals surface area contributed by atoms with Crippen molar-refractivity contribution in [3.05, 3.63) is 58.7 Å². The van der Waals surface area contributed by atoms with Gasteiger partial charge in [-0.1, -0.05) is 23.8 Å². The first-order valence-corrected chi connectivity index (χ1v) is 10.0. The van der Waals surface area contributed by atoms with Gasteiger partial charge in [0.05, 0.1) is 19.8 Å². The largest absolute Gasteiger partial charge is 0.490 e. The average molecular weight is 408 g/mol. The molecule has 0 fully saturated rings. The van der Waals surface area contributed by atoms with Crippen molar-refractivity contribution in [2.24, 2.45) is 0 Å². The molecule has 2 amide bonds. The van der Waals surface area contributed by atoms with Crippen LogP contribution in [0.5, 0.6) is 11.5 Å². The Kier molecular flexibility index (Phi) is 6.77. The highest BCUT2D eigenvalue weighted by atomic mass is 16.5. The lowest BCUT2D eigenvalue weighted by Gasteiger charge is -2.17. The number of anilines is 1. The molecule has 0 spiro atoms. The lowest BCUT2D eigenvalue weighted by atomic mass is 10.1. The summed E-state index contributed by atoms with van der Waals surface area (Å²) >= 11 is 0. The highest BCUT2D eigenvalue weighted by Crippen LogP contribution is 2.30. The van der Waals surface area contributed by atoms with Crippen LogP contribution in [0.2, 0.25) is 0 Å². The minimum Gasteiger partial charge on any atom is -0.490 e. The molecule has 158 valence electrons. The van der Waals surface area contributed by atoms with Crippen LogP contribution in [0.4, 0.5) is 5.69 Å². The molecule has 0 unspecified atom stereocenters. The molecular weight excluding hydrogens is 380 g/mol. The Morgan fingerprint density at radius 3 is 2.40 bits per heavy atom. The summed E-state index contributed by atoms with van der Waals surface area (Å²) < 4.78 is 11.3. The third kappa shape index (κ3) is 5.41. The number of fused-ring (bicyclic) bond motifs is 1. The number of rotatable bonds is 5. The van der Waals surface area contributed by atoms with Crippen molar-refractivity contribution in [2.45, 2.75) is 27.2 Å². The van der Waals surface area contributed by atoms with Gasteiger partial charge in [0.25, 0.3) is 0 Å². The zero-order valence-corrected chi connectivity index (χ0v) is 18.0. The van der Waals surface area contributed by atoms with Crippen LogP contribution in [-0.2, 0) is 9.59 Å². The number of nitrogens with one attached hydrogen (secondary N) is 1. The fraction of sp³-hybridized carbons (Fsp3) is 0.333. The number of amides is 2. The highest BCUT2D eigenvalue weighted by Gasteiger charge is 2.14. The third-order valence-electron chi connectivity index (χ3n) is 4.89. The number of hydrogen-bond donors (Lipinski definition) is 1. The number of aryl methyl sites for hydroxylation is 3. The fourth-order valence-corrected chi connectivity index (χ4v) is 3.43. The van der Waals surface area contributed by atoms with Gasteiger partial charge in [-0.05, 0) is 55.7 Å². The molecular formula is C24H28N2O4. The molecule has 2 aromatic rings. The van der Waals surface area contributed by atoms with E-state index in [4.69, 9.17) is 9.47 Å². The standard InChI is InChI=1S/C24H28N2O4/c1-16-12-17(2)24(18(3)13-16)25-22(27)15-26(4)23(28)9-7-19-6-8-20-21(14-19)30-11-5-10-29-20/h6-9,12-14H,5,10-11,15H2,1-4H3,(H,25,27)/b9-7+. The van der Waals surface area contributed by atoms with Crippen molar-refractivity contribution >= 4 is 23.6 Å². The highest BCUT2D eigenvalue weighted by molar-refractivity contribution is 5.98. The summed E-state index contributed by atoms with van der Waals surface area (Å²) in [5.41, 5.74) is 4.79. The van der Waals surface area contributed by atoms with Gasteiger partial charge in [-0.3, -0.25) is 9.59 Å². The van der Waals surface area contributed by atoms with E-state index in [0.29, 0.717) is 24.7 Å². The maximum absolute atomic E-state index is 12.4. The van der Waals surface area contributed by atoms with E-state index in [1.165, 1.54) is 11.0 Å². The van der Waals surface area contributed by atoms with E-state index in [-0.39, 0.29) is 18.4 Å². The van der Waals surface area contributed by atoms with Gasteiger partial charge >= 0.3 is 0 Å². The van der Waals surface area contributed by atoms with E-state index in [1.54, 1.807) is 13.1 Å². The fourth-order valence-electron chi connectivity index (χ4n) is 3.43. The predicted molar refractivity (Wildman–Crippen MR) is 118 cm³/mol. The first-order valence-electron chi connectivity index (χ1n) is 10.0. The van der Waals surface area contributed by atoms with Crippen LogP contribution in [0.15, 0.2) is 36.4 Å². The number of nitrogens with zero attached hydrogens (tertiary/aromatic N) is 1. The second kappa shape index (κ2) is 9.48. The zero-order chi connectivity index (χ0) is 21.7. The summed E-state index contributed by atoms with van der Waals surface area (Å²) in [6.45, 7) is 7.15. The molecule has 0 atom stereocenters. The topological polar surface area (TPSA) is 67.9 Å². The first kappa shape index (κ1) is 21.4. The summed E-state index contributed by atoms with van der Waals surface area (Å²) in [5, 5.41) is 2.92. The SMILES string of the molecule is Cc1cc(C)c(NC(=O)CN(C)C(=O)/C=C/c2ccc3c(c2)OCCCO3)c(C)c1. The Morgan fingerprint density at radius 1 is 1.03 bits per heavy atom. The van der Waals surface area contributed by atoms with E-state index >= 15 is 0 Å². The normalized spacial score (nSPS) is 13.1. The van der Waals surface area contributed by atoms with Gasteiger partial charge in [0.15, 0.2) is 11.5 Å². The maximum atomic E-state index is 12.4. The van der Waals surface area contributed by atoms with Gasteiger partial charge in [-0.2, -0.15) is 0 Å². The molecule has 1 aliphatic rings. The number of ether oxygens (including phenoxy) is 2. The Bertz CT molecular complexity index is 958. The van der Waals surface area contributed by atoms with Gasteiger partial charge in [0.2, 0.25) is 11.8 Å². The monoisotopic (exact) mass is 408 g/mol. The zero-order valence-electron chi connectivity index (χ0n) is 18.0. The molecule has 1 heterocycles. The van der Waals surface area contributed by atoms with Crippen molar-refractivity contribution in [3.63, 3.8) is 0 Å². The summed E-state index contributed by atoms with van der Waals surface area (Å²) in [5.74, 6) is 0.907. The van der Waals surface area contributed by atoms with Crippen LogP contribution in [0.1, 0.15) is 28.7 Å². The lowest BCUT2D eigenvalue weighted by molar-refractivity contribution is -0.129. The Morgan fingerprint density at radius 2 is 1.70 bits per heavy atom. The van der Waals surface area contributed by atoms with E-state index in [1.807, 2.05) is 51.1 Å². The molecule has 2 aromatic carbocycles. The van der Waals surface area contributed by atoms with Crippen LogP contribution >= 0.6 is 0 Å². The Hall–Kier alpha value is -3.28. The summed E-state index contributed by atoms with van der Waals surface area (Å²) in [6.07, 6.45) is 4.00. The Labute approximate surface area is 177 Å². The molecule has 30 heavy (non-hydrogen) atoms. The van der Waals surface area contributed by atoms with E-state index < -0.39 is 0 Å².